The van der Waals surface area contributed by atoms with Gasteiger partial charge in [0.25, 0.3) is 0 Å². The molecule has 0 nitrogen and oxygen atoms in total. The Hall–Kier alpha value is 0.150. The van der Waals surface area contributed by atoms with Crippen LogP contribution in [0.25, 0.3) is 0 Å². The van der Waals surface area contributed by atoms with Crippen molar-refractivity contribution in [2.24, 2.45) is 0 Å². The number of unbranched alkanes of at least 4 members (excludes halogenated alkanes) is 1. The quantitative estimate of drug-likeness (QED) is 0.585. The number of hydrogen-bond donors (Lipinski definition) is 1. The highest BCUT2D eigenvalue weighted by Gasteiger charge is 2.00. The number of aryl methyl sites for hydroxylation is 1. The summed E-state index contributed by atoms with van der Waals surface area (Å²) in [4.78, 5) is 0. The highest BCUT2D eigenvalue weighted by molar-refractivity contribution is 7.80. The topological polar surface area (TPSA) is 0 Å². The standard InChI is InChI=1S/C10H12Cl2S/c11-9-5-4-8(10(12)7-9)3-1-2-6-13/h4-5,7,13H,1-3,6H2. The van der Waals surface area contributed by atoms with E-state index in [9.17, 15) is 0 Å². The molecule has 0 unspecified atom stereocenters. The van der Waals surface area contributed by atoms with Gasteiger partial charge in [-0.3, -0.25) is 0 Å². The Morgan fingerprint density at radius 3 is 2.54 bits per heavy atom. The molecule has 0 fully saturated rings. The minimum Gasteiger partial charge on any atom is -0.179 e. The number of halogens is 2. The molecule has 13 heavy (non-hydrogen) atoms. The van der Waals surface area contributed by atoms with Crippen molar-refractivity contribution in [1.82, 2.24) is 0 Å². The lowest BCUT2D eigenvalue weighted by molar-refractivity contribution is 0.804. The van der Waals surface area contributed by atoms with Gasteiger partial charge in [-0.05, 0) is 42.7 Å². The van der Waals surface area contributed by atoms with Gasteiger partial charge in [0, 0.05) is 10.0 Å². The molecule has 0 atom stereocenters. The Morgan fingerprint density at radius 2 is 1.92 bits per heavy atom. The number of rotatable bonds is 4. The zero-order valence-corrected chi connectivity index (χ0v) is 9.67. The monoisotopic (exact) mass is 234 g/mol. The molecule has 3 heteroatoms. The van der Waals surface area contributed by atoms with E-state index in [0.29, 0.717) is 5.02 Å². The van der Waals surface area contributed by atoms with Crippen molar-refractivity contribution < 1.29 is 0 Å². The van der Waals surface area contributed by atoms with Crippen LogP contribution in [0.2, 0.25) is 10.0 Å². The lowest BCUT2D eigenvalue weighted by Gasteiger charge is -2.03. The fourth-order valence-electron chi connectivity index (χ4n) is 1.15. The Bertz CT molecular complexity index is 274. The van der Waals surface area contributed by atoms with E-state index in [4.69, 9.17) is 23.2 Å². The van der Waals surface area contributed by atoms with Gasteiger partial charge in [0.15, 0.2) is 0 Å². The molecule has 0 aromatic heterocycles. The summed E-state index contributed by atoms with van der Waals surface area (Å²) in [6.45, 7) is 0. The maximum absolute atomic E-state index is 6.00. The first-order valence-electron chi connectivity index (χ1n) is 4.29. The molecule has 0 saturated carbocycles. The lowest BCUT2D eigenvalue weighted by Crippen LogP contribution is -1.87. The Kier molecular flexibility index (Phi) is 5.00. The molecule has 0 aliphatic carbocycles. The van der Waals surface area contributed by atoms with E-state index in [0.717, 1.165) is 30.0 Å². The summed E-state index contributed by atoms with van der Waals surface area (Å²) in [6.07, 6.45) is 3.27. The van der Waals surface area contributed by atoms with Crippen LogP contribution in [0, 0.1) is 0 Å². The molecular weight excluding hydrogens is 223 g/mol. The SMILES string of the molecule is SCCCCc1ccc(Cl)cc1Cl. The van der Waals surface area contributed by atoms with E-state index < -0.39 is 0 Å². The summed E-state index contributed by atoms with van der Waals surface area (Å²) in [5.41, 5.74) is 1.17. The van der Waals surface area contributed by atoms with Crippen LogP contribution in [-0.2, 0) is 6.42 Å². The van der Waals surface area contributed by atoms with Gasteiger partial charge in [0.2, 0.25) is 0 Å². The third kappa shape index (κ3) is 3.80. The maximum Gasteiger partial charge on any atom is 0.0452 e. The van der Waals surface area contributed by atoms with E-state index >= 15 is 0 Å². The fourth-order valence-corrected chi connectivity index (χ4v) is 1.88. The van der Waals surface area contributed by atoms with Crippen LogP contribution in [0.4, 0.5) is 0 Å². The second-order valence-corrected chi connectivity index (χ2v) is 4.21. The molecular formula is C10H12Cl2S. The summed E-state index contributed by atoms with van der Waals surface area (Å²) in [5.74, 6) is 0.936. The number of hydrogen-bond acceptors (Lipinski definition) is 1. The number of thiol groups is 1. The zero-order chi connectivity index (χ0) is 9.68. The van der Waals surface area contributed by atoms with Gasteiger partial charge >= 0.3 is 0 Å². The van der Waals surface area contributed by atoms with E-state index in [1.165, 1.54) is 5.56 Å². The van der Waals surface area contributed by atoms with E-state index in [1.54, 1.807) is 6.07 Å². The minimum atomic E-state index is 0.697. The van der Waals surface area contributed by atoms with E-state index in [-0.39, 0.29) is 0 Å². The van der Waals surface area contributed by atoms with Crippen molar-refractivity contribution >= 4 is 35.8 Å². The molecule has 0 aliphatic rings. The number of benzene rings is 1. The molecule has 0 bridgehead atoms. The van der Waals surface area contributed by atoms with Gasteiger partial charge in [0.1, 0.15) is 0 Å². The summed E-state index contributed by atoms with van der Waals surface area (Å²) < 4.78 is 0. The van der Waals surface area contributed by atoms with Gasteiger partial charge in [-0.1, -0.05) is 29.3 Å². The summed E-state index contributed by atoms with van der Waals surface area (Å²) in [6, 6.07) is 5.66. The Balaban J connectivity index is 2.56. The maximum atomic E-state index is 6.00. The van der Waals surface area contributed by atoms with Gasteiger partial charge in [0.05, 0.1) is 0 Å². The molecule has 1 rings (SSSR count). The molecule has 72 valence electrons. The molecule has 0 spiro atoms. The molecule has 0 N–H and O–H groups in total. The first-order chi connectivity index (χ1) is 6.24. The average molecular weight is 235 g/mol. The molecule has 0 saturated heterocycles. The first-order valence-corrected chi connectivity index (χ1v) is 5.67. The van der Waals surface area contributed by atoms with Gasteiger partial charge in [-0.15, -0.1) is 0 Å². The Morgan fingerprint density at radius 1 is 1.15 bits per heavy atom. The first kappa shape index (κ1) is 11.2. The highest BCUT2D eigenvalue weighted by Crippen LogP contribution is 2.22. The van der Waals surface area contributed by atoms with Gasteiger partial charge in [-0.25, -0.2) is 0 Å². The predicted octanol–water partition coefficient (Wildman–Crippen LogP) is 4.25. The van der Waals surface area contributed by atoms with Crippen molar-refractivity contribution in [3.05, 3.63) is 33.8 Å². The zero-order valence-electron chi connectivity index (χ0n) is 7.26. The largest absolute Gasteiger partial charge is 0.179 e. The molecule has 1 aromatic carbocycles. The Labute approximate surface area is 94.7 Å². The highest BCUT2D eigenvalue weighted by atomic mass is 35.5. The molecule has 0 radical (unpaired) electrons. The van der Waals surface area contributed by atoms with Crippen molar-refractivity contribution in [3.8, 4) is 0 Å². The van der Waals surface area contributed by atoms with Gasteiger partial charge in [-0.2, -0.15) is 12.6 Å². The smallest absolute Gasteiger partial charge is 0.0452 e. The summed E-state index contributed by atoms with van der Waals surface area (Å²) in [5, 5.41) is 1.47. The van der Waals surface area contributed by atoms with Crippen LogP contribution in [0.5, 0.6) is 0 Å². The third-order valence-electron chi connectivity index (χ3n) is 1.87. The fraction of sp³-hybridized carbons (Fsp3) is 0.400. The van der Waals surface area contributed by atoms with Crippen LogP contribution < -0.4 is 0 Å². The van der Waals surface area contributed by atoms with E-state index in [2.05, 4.69) is 12.6 Å². The molecule has 0 amide bonds. The second-order valence-electron chi connectivity index (χ2n) is 2.92. The normalized spacial score (nSPS) is 10.4. The third-order valence-corrected chi connectivity index (χ3v) is 2.77. The summed E-state index contributed by atoms with van der Waals surface area (Å²) in [7, 11) is 0. The molecule has 0 heterocycles. The average Bonchev–Trinajstić information content (AvgIpc) is 2.09. The molecule has 0 aliphatic heterocycles. The minimum absolute atomic E-state index is 0.697. The van der Waals surface area contributed by atoms with Crippen LogP contribution in [0.3, 0.4) is 0 Å². The van der Waals surface area contributed by atoms with Crippen molar-refractivity contribution in [2.45, 2.75) is 19.3 Å². The van der Waals surface area contributed by atoms with E-state index in [1.807, 2.05) is 12.1 Å². The van der Waals surface area contributed by atoms with Crippen molar-refractivity contribution in [1.29, 1.82) is 0 Å². The van der Waals surface area contributed by atoms with Gasteiger partial charge < -0.3 is 0 Å². The predicted molar refractivity (Wildman–Crippen MR) is 63.3 cm³/mol. The second kappa shape index (κ2) is 5.79. The van der Waals surface area contributed by atoms with Crippen molar-refractivity contribution in [3.63, 3.8) is 0 Å². The van der Waals surface area contributed by atoms with Crippen LogP contribution >= 0.6 is 35.8 Å². The summed E-state index contributed by atoms with van der Waals surface area (Å²) >= 11 is 15.9. The van der Waals surface area contributed by atoms with Crippen molar-refractivity contribution in [2.75, 3.05) is 5.75 Å². The molecule has 1 aromatic rings. The van der Waals surface area contributed by atoms with Crippen LogP contribution in [-0.4, -0.2) is 5.75 Å². The van der Waals surface area contributed by atoms with Crippen LogP contribution in [0.1, 0.15) is 18.4 Å². The lowest BCUT2D eigenvalue weighted by atomic mass is 10.1. The van der Waals surface area contributed by atoms with Crippen LogP contribution in [0.15, 0.2) is 18.2 Å².